The van der Waals surface area contributed by atoms with Crippen molar-refractivity contribution < 1.29 is 9.66 Å². The third-order valence-corrected chi connectivity index (χ3v) is 5.45. The molecule has 0 spiro atoms. The van der Waals surface area contributed by atoms with E-state index in [0.29, 0.717) is 33.2 Å². The van der Waals surface area contributed by atoms with Crippen molar-refractivity contribution in [2.24, 2.45) is 5.10 Å². The van der Waals surface area contributed by atoms with Gasteiger partial charge in [0.25, 0.3) is 5.56 Å². The zero-order valence-electron chi connectivity index (χ0n) is 17.0. The van der Waals surface area contributed by atoms with Crippen molar-refractivity contribution in [2.45, 2.75) is 26.2 Å². The van der Waals surface area contributed by atoms with Crippen molar-refractivity contribution in [3.05, 3.63) is 71.1 Å². The summed E-state index contributed by atoms with van der Waals surface area (Å²) in [5.74, 6) is 2.76. The second kappa shape index (κ2) is 10.5. The van der Waals surface area contributed by atoms with Gasteiger partial charge >= 0.3 is 5.69 Å². The standard InChI is InChI=1S/C22H18Br2N4O4/c1-3-5-6-20-26-18-8-7-15(23)11-17(18)22(29)27(20)25-13-14-10-16(24)12-19(28(30)31)21(14)32-9-4-2/h2,7-8,10-13H,3,5-6,9H2,1H3. The smallest absolute Gasteiger partial charge is 0.312 e. The molecule has 0 aliphatic rings. The van der Waals surface area contributed by atoms with Gasteiger partial charge in [-0.1, -0.05) is 51.1 Å². The Kier molecular flexibility index (Phi) is 7.77. The number of nitro groups is 1. The zero-order valence-corrected chi connectivity index (χ0v) is 20.2. The van der Waals surface area contributed by atoms with E-state index in [1.807, 2.05) is 13.0 Å². The fourth-order valence-corrected chi connectivity index (χ4v) is 3.86. The Morgan fingerprint density at radius 3 is 2.78 bits per heavy atom. The van der Waals surface area contributed by atoms with Crippen molar-refractivity contribution in [3.8, 4) is 18.1 Å². The van der Waals surface area contributed by atoms with Gasteiger partial charge in [0.1, 0.15) is 12.4 Å². The number of hydrogen-bond acceptors (Lipinski definition) is 6. The van der Waals surface area contributed by atoms with Crippen LogP contribution in [0.15, 0.2) is 49.2 Å². The van der Waals surface area contributed by atoms with Crippen molar-refractivity contribution >= 4 is 54.7 Å². The summed E-state index contributed by atoms with van der Waals surface area (Å²) in [7, 11) is 0. The number of rotatable bonds is 8. The average molecular weight is 562 g/mol. The number of halogens is 2. The minimum atomic E-state index is -0.568. The number of terminal acetylenes is 1. The van der Waals surface area contributed by atoms with E-state index in [0.717, 1.165) is 17.3 Å². The first-order valence-corrected chi connectivity index (χ1v) is 11.2. The lowest BCUT2D eigenvalue weighted by atomic mass is 10.2. The number of aryl methyl sites for hydroxylation is 1. The summed E-state index contributed by atoms with van der Waals surface area (Å²) >= 11 is 6.64. The fourth-order valence-electron chi connectivity index (χ4n) is 3.03. The molecule has 0 aliphatic heterocycles. The van der Waals surface area contributed by atoms with E-state index < -0.39 is 4.92 Å². The molecule has 3 rings (SSSR count). The summed E-state index contributed by atoms with van der Waals surface area (Å²) in [6.07, 6.45) is 8.88. The van der Waals surface area contributed by atoms with Gasteiger partial charge in [-0.3, -0.25) is 14.9 Å². The number of nitro benzene ring substituents is 1. The Labute approximate surface area is 200 Å². The lowest BCUT2D eigenvalue weighted by Crippen LogP contribution is -2.22. The van der Waals surface area contributed by atoms with Gasteiger partial charge in [0.05, 0.1) is 22.0 Å². The molecule has 0 radical (unpaired) electrons. The highest BCUT2D eigenvalue weighted by atomic mass is 79.9. The van der Waals surface area contributed by atoms with E-state index in [-0.39, 0.29) is 23.6 Å². The maximum atomic E-state index is 13.2. The molecule has 164 valence electrons. The third-order valence-electron chi connectivity index (χ3n) is 4.50. The molecule has 3 aromatic rings. The minimum Gasteiger partial charge on any atom is -0.473 e. The number of hydrogen-bond donors (Lipinski definition) is 0. The SMILES string of the molecule is C#CCOc1c(C=Nn2c(CCCC)nc3ccc(Br)cc3c2=O)cc(Br)cc1[N+](=O)[O-]. The van der Waals surface area contributed by atoms with Gasteiger partial charge in [0.15, 0.2) is 0 Å². The summed E-state index contributed by atoms with van der Waals surface area (Å²) < 4.78 is 7.86. The molecule has 0 N–H and O–H groups in total. The highest BCUT2D eigenvalue weighted by Gasteiger charge is 2.20. The highest BCUT2D eigenvalue weighted by Crippen LogP contribution is 2.34. The van der Waals surface area contributed by atoms with E-state index in [1.54, 1.807) is 18.2 Å². The van der Waals surface area contributed by atoms with Crippen molar-refractivity contribution in [1.82, 2.24) is 9.66 Å². The molecule has 0 fully saturated rings. The summed E-state index contributed by atoms with van der Waals surface area (Å²) in [6, 6.07) is 8.20. The van der Waals surface area contributed by atoms with Crippen molar-refractivity contribution in [1.29, 1.82) is 0 Å². The molecule has 0 atom stereocenters. The molecule has 8 nitrogen and oxygen atoms in total. The van der Waals surface area contributed by atoms with Gasteiger partial charge in [-0.25, -0.2) is 4.98 Å². The van der Waals surface area contributed by atoms with Crippen LogP contribution in [0.4, 0.5) is 5.69 Å². The molecule has 0 saturated carbocycles. The molecule has 1 heterocycles. The first-order valence-electron chi connectivity index (χ1n) is 9.65. The first kappa shape index (κ1) is 23.6. The Bertz CT molecular complexity index is 1310. The van der Waals surface area contributed by atoms with Crippen LogP contribution < -0.4 is 10.3 Å². The number of aromatic nitrogens is 2. The lowest BCUT2D eigenvalue weighted by molar-refractivity contribution is -0.385. The van der Waals surface area contributed by atoms with Crippen LogP contribution in [-0.4, -0.2) is 27.4 Å². The first-order chi connectivity index (χ1) is 15.3. The Morgan fingerprint density at radius 2 is 2.09 bits per heavy atom. The summed E-state index contributed by atoms with van der Waals surface area (Å²) in [6.45, 7) is 1.89. The topological polar surface area (TPSA) is 99.6 Å². The molecule has 0 aliphatic carbocycles. The van der Waals surface area contributed by atoms with Crippen LogP contribution in [0, 0.1) is 22.5 Å². The molecular formula is C22H18Br2N4O4. The van der Waals surface area contributed by atoms with Crippen molar-refractivity contribution in [2.75, 3.05) is 6.61 Å². The number of fused-ring (bicyclic) bond motifs is 1. The average Bonchev–Trinajstić information content (AvgIpc) is 2.76. The molecule has 32 heavy (non-hydrogen) atoms. The quantitative estimate of drug-likeness (QED) is 0.165. The molecule has 10 heteroatoms. The molecule has 1 aromatic heterocycles. The molecule has 0 bridgehead atoms. The van der Waals surface area contributed by atoms with Crippen LogP contribution in [0.5, 0.6) is 5.75 Å². The minimum absolute atomic E-state index is 0.0282. The summed E-state index contributed by atoms with van der Waals surface area (Å²) in [4.78, 5) is 28.8. The zero-order chi connectivity index (χ0) is 23.3. The van der Waals surface area contributed by atoms with Crippen LogP contribution in [0.25, 0.3) is 10.9 Å². The van der Waals surface area contributed by atoms with Crippen molar-refractivity contribution in [3.63, 3.8) is 0 Å². The second-order valence-electron chi connectivity index (χ2n) is 6.75. The lowest BCUT2D eigenvalue weighted by Gasteiger charge is -2.10. The highest BCUT2D eigenvalue weighted by molar-refractivity contribution is 9.10. The number of benzene rings is 2. The number of nitrogens with zero attached hydrogens (tertiary/aromatic N) is 4. The normalized spacial score (nSPS) is 11.1. The van der Waals surface area contributed by atoms with Crippen LogP contribution in [0.1, 0.15) is 31.2 Å². The molecule has 2 aromatic carbocycles. The molecule has 0 amide bonds. The Hall–Kier alpha value is -3.03. The summed E-state index contributed by atoms with van der Waals surface area (Å²) in [5.41, 5.74) is 0.264. The summed E-state index contributed by atoms with van der Waals surface area (Å²) in [5, 5.41) is 16.3. The van der Waals surface area contributed by atoms with E-state index in [4.69, 9.17) is 11.2 Å². The predicted octanol–water partition coefficient (Wildman–Crippen LogP) is 5.07. The third kappa shape index (κ3) is 5.23. The molecule has 0 saturated heterocycles. The van der Waals surface area contributed by atoms with Gasteiger partial charge in [0, 0.05) is 27.0 Å². The van der Waals surface area contributed by atoms with Gasteiger partial charge in [-0.2, -0.15) is 9.78 Å². The Balaban J connectivity index is 2.19. The van der Waals surface area contributed by atoms with E-state index in [9.17, 15) is 14.9 Å². The predicted molar refractivity (Wildman–Crippen MR) is 130 cm³/mol. The fraction of sp³-hybridized carbons (Fsp3) is 0.227. The van der Waals surface area contributed by atoms with Crippen LogP contribution >= 0.6 is 31.9 Å². The van der Waals surface area contributed by atoms with Crippen LogP contribution in [0.3, 0.4) is 0 Å². The second-order valence-corrected chi connectivity index (χ2v) is 8.58. The van der Waals surface area contributed by atoms with Gasteiger partial charge in [-0.15, -0.1) is 6.42 Å². The maximum Gasteiger partial charge on any atom is 0.312 e. The number of unbranched alkanes of at least 4 members (excludes halogenated alkanes) is 1. The van der Waals surface area contributed by atoms with Gasteiger partial charge < -0.3 is 4.74 Å². The molecule has 0 unspecified atom stereocenters. The monoisotopic (exact) mass is 560 g/mol. The molecular weight excluding hydrogens is 544 g/mol. The van der Waals surface area contributed by atoms with E-state index >= 15 is 0 Å². The van der Waals surface area contributed by atoms with Crippen LogP contribution in [0.2, 0.25) is 0 Å². The van der Waals surface area contributed by atoms with E-state index in [2.05, 4.69) is 47.9 Å². The Morgan fingerprint density at radius 1 is 1.31 bits per heavy atom. The maximum absolute atomic E-state index is 13.2. The number of ether oxygens (including phenoxy) is 1. The largest absolute Gasteiger partial charge is 0.473 e. The van der Waals surface area contributed by atoms with E-state index in [1.165, 1.54) is 17.0 Å². The van der Waals surface area contributed by atoms with Gasteiger partial charge in [0.2, 0.25) is 5.75 Å². The van der Waals surface area contributed by atoms with Crippen LogP contribution in [-0.2, 0) is 6.42 Å². The van der Waals surface area contributed by atoms with Gasteiger partial charge in [-0.05, 0) is 30.7 Å².